The van der Waals surface area contributed by atoms with Crippen molar-refractivity contribution >= 4 is 33.2 Å². The fourth-order valence-corrected chi connectivity index (χ4v) is 3.47. The molecule has 0 aliphatic rings. The number of ether oxygens (including phenoxy) is 1. The van der Waals surface area contributed by atoms with Crippen LogP contribution in [0.4, 0.5) is 5.69 Å². The first-order chi connectivity index (χ1) is 14.4. The average Bonchev–Trinajstić information content (AvgIpc) is 3.08. The number of amides is 1. The fourth-order valence-electron chi connectivity index (χ4n) is 3.00. The molecule has 0 aliphatic carbocycles. The first kappa shape index (κ1) is 19.9. The Bertz CT molecular complexity index is 1310. The van der Waals surface area contributed by atoms with Gasteiger partial charge in [0.15, 0.2) is 5.65 Å². The second-order valence-electron chi connectivity index (χ2n) is 6.81. The van der Waals surface area contributed by atoms with Gasteiger partial charge in [-0.1, -0.05) is 18.2 Å². The molecule has 1 N–H and O–H groups in total. The highest BCUT2D eigenvalue weighted by Crippen LogP contribution is 2.28. The van der Waals surface area contributed by atoms with Gasteiger partial charge in [0.05, 0.1) is 16.9 Å². The monoisotopic (exact) mass is 467 g/mol. The molecule has 4 rings (SSSR count). The molecule has 152 valence electrons. The van der Waals surface area contributed by atoms with E-state index in [0.29, 0.717) is 38.6 Å². The number of fused-ring (bicyclic) bond motifs is 1. The summed E-state index contributed by atoms with van der Waals surface area (Å²) < 4.78 is 13.0. The summed E-state index contributed by atoms with van der Waals surface area (Å²) in [5.41, 5.74) is 2.58. The molecule has 2 heterocycles. The summed E-state index contributed by atoms with van der Waals surface area (Å²) in [5, 5.41) is 2.89. The molecule has 30 heavy (non-hydrogen) atoms. The maximum atomic E-state index is 12.7. The third-order valence-electron chi connectivity index (χ3n) is 4.40. The van der Waals surface area contributed by atoms with Crippen LogP contribution in [0.2, 0.25) is 0 Å². The number of carbonyl (C=O) groups excluding carboxylic acids is 1. The van der Waals surface area contributed by atoms with E-state index in [-0.39, 0.29) is 18.1 Å². The Hall–Kier alpha value is -3.39. The van der Waals surface area contributed by atoms with Crippen LogP contribution in [0.3, 0.4) is 0 Å². The molecule has 0 bridgehead atoms. The smallest absolute Gasteiger partial charge is 0.287 e. The van der Waals surface area contributed by atoms with Gasteiger partial charge in [0.25, 0.3) is 11.5 Å². The number of aryl methyl sites for hydroxylation is 2. The Labute approximate surface area is 180 Å². The summed E-state index contributed by atoms with van der Waals surface area (Å²) in [4.78, 5) is 29.3. The van der Waals surface area contributed by atoms with E-state index in [4.69, 9.17) is 9.26 Å². The molecule has 0 spiro atoms. The average molecular weight is 468 g/mol. The third-order valence-corrected chi connectivity index (χ3v) is 5.09. The lowest BCUT2D eigenvalue weighted by Crippen LogP contribution is -2.15. The molecule has 0 saturated carbocycles. The van der Waals surface area contributed by atoms with E-state index in [9.17, 15) is 9.59 Å². The molecule has 2 aromatic carbocycles. The molecule has 8 heteroatoms. The van der Waals surface area contributed by atoms with Gasteiger partial charge in [-0.25, -0.2) is 4.98 Å². The SMILES string of the molecule is Cc1ccc(OCc2cc(=O)n3oc(C)cc3n2)c(NC(=O)c2ccccc2Br)c1. The number of nitrogens with zero attached hydrogens (tertiary/aromatic N) is 2. The van der Waals surface area contributed by atoms with Gasteiger partial charge >= 0.3 is 0 Å². The van der Waals surface area contributed by atoms with E-state index < -0.39 is 0 Å². The maximum Gasteiger partial charge on any atom is 0.287 e. The van der Waals surface area contributed by atoms with Gasteiger partial charge in [0.1, 0.15) is 18.1 Å². The van der Waals surface area contributed by atoms with Crippen molar-refractivity contribution < 1.29 is 14.1 Å². The van der Waals surface area contributed by atoms with Gasteiger partial charge in [-0.2, -0.15) is 0 Å². The molecule has 1 amide bonds. The molecule has 0 saturated heterocycles. The van der Waals surface area contributed by atoms with Crippen LogP contribution >= 0.6 is 15.9 Å². The van der Waals surface area contributed by atoms with Crippen molar-refractivity contribution in [1.29, 1.82) is 0 Å². The number of anilines is 1. The molecule has 0 radical (unpaired) electrons. The minimum absolute atomic E-state index is 0.0664. The highest BCUT2D eigenvalue weighted by atomic mass is 79.9. The standard InChI is InChI=1S/C22H18BrN3O4/c1-13-7-8-19(18(9-13)25-22(28)16-5-3-4-6-17(16)23)29-12-15-11-21(27)26-20(24-15)10-14(2)30-26/h3-11H,12H2,1-2H3,(H,25,28). The fraction of sp³-hybridized carbons (Fsp3) is 0.136. The number of hydrogen-bond donors (Lipinski definition) is 1. The van der Waals surface area contributed by atoms with Crippen LogP contribution in [-0.2, 0) is 6.61 Å². The van der Waals surface area contributed by atoms with Gasteiger partial charge in [-0.05, 0) is 59.6 Å². The molecule has 2 aromatic heterocycles. The third kappa shape index (κ3) is 4.13. The number of hydrogen-bond acceptors (Lipinski definition) is 5. The predicted octanol–water partition coefficient (Wildman–Crippen LogP) is 4.50. The van der Waals surface area contributed by atoms with Crippen LogP contribution in [-0.4, -0.2) is 15.5 Å². The Morgan fingerprint density at radius 1 is 1.17 bits per heavy atom. The van der Waals surface area contributed by atoms with Crippen LogP contribution in [0.25, 0.3) is 5.65 Å². The lowest BCUT2D eigenvalue weighted by atomic mass is 10.1. The summed E-state index contributed by atoms with van der Waals surface area (Å²) in [5.74, 6) is 0.809. The lowest BCUT2D eigenvalue weighted by Gasteiger charge is -2.14. The number of halogens is 1. The van der Waals surface area contributed by atoms with Crippen molar-refractivity contribution in [3.63, 3.8) is 0 Å². The number of carbonyl (C=O) groups is 1. The van der Waals surface area contributed by atoms with Gasteiger partial charge in [-0.15, -0.1) is 4.57 Å². The normalized spacial score (nSPS) is 10.9. The second-order valence-corrected chi connectivity index (χ2v) is 7.66. The summed E-state index contributed by atoms with van der Waals surface area (Å²) in [6, 6.07) is 15.7. The number of nitrogens with one attached hydrogen (secondary N) is 1. The van der Waals surface area contributed by atoms with Crippen LogP contribution in [0.5, 0.6) is 5.75 Å². The zero-order chi connectivity index (χ0) is 21.3. The summed E-state index contributed by atoms with van der Waals surface area (Å²) in [6.07, 6.45) is 0. The lowest BCUT2D eigenvalue weighted by molar-refractivity contribution is 0.102. The summed E-state index contributed by atoms with van der Waals surface area (Å²) in [7, 11) is 0. The van der Waals surface area contributed by atoms with Crippen LogP contribution < -0.4 is 15.6 Å². The minimum atomic E-state index is -0.321. The Morgan fingerprint density at radius 3 is 2.77 bits per heavy atom. The van der Waals surface area contributed by atoms with Crippen LogP contribution in [0, 0.1) is 13.8 Å². The zero-order valence-electron chi connectivity index (χ0n) is 16.3. The molecule has 7 nitrogen and oxygen atoms in total. The van der Waals surface area contributed by atoms with Crippen LogP contribution in [0.15, 0.2) is 68.4 Å². The minimum Gasteiger partial charge on any atom is -0.485 e. The van der Waals surface area contributed by atoms with E-state index >= 15 is 0 Å². The van der Waals surface area contributed by atoms with Crippen molar-refractivity contribution in [2.24, 2.45) is 0 Å². The first-order valence-corrected chi connectivity index (χ1v) is 9.99. The Morgan fingerprint density at radius 2 is 1.97 bits per heavy atom. The van der Waals surface area contributed by atoms with Crippen molar-refractivity contribution in [1.82, 2.24) is 9.56 Å². The first-order valence-electron chi connectivity index (χ1n) is 9.19. The molecule has 0 aliphatic heterocycles. The largest absolute Gasteiger partial charge is 0.485 e. The molecule has 0 fully saturated rings. The predicted molar refractivity (Wildman–Crippen MR) is 116 cm³/mol. The molecule has 0 unspecified atom stereocenters. The van der Waals surface area contributed by atoms with E-state index in [1.165, 1.54) is 6.07 Å². The molecular formula is C22H18BrN3O4. The van der Waals surface area contributed by atoms with E-state index in [0.717, 1.165) is 10.1 Å². The van der Waals surface area contributed by atoms with Crippen molar-refractivity contribution in [2.75, 3.05) is 5.32 Å². The molecular weight excluding hydrogens is 450 g/mol. The van der Waals surface area contributed by atoms with E-state index in [1.807, 2.05) is 25.1 Å². The highest BCUT2D eigenvalue weighted by Gasteiger charge is 2.14. The van der Waals surface area contributed by atoms with E-state index in [1.54, 1.807) is 37.3 Å². The quantitative estimate of drug-likeness (QED) is 0.466. The van der Waals surface area contributed by atoms with Crippen LogP contribution in [0.1, 0.15) is 27.4 Å². The van der Waals surface area contributed by atoms with Crippen molar-refractivity contribution in [3.8, 4) is 5.75 Å². The summed E-state index contributed by atoms with van der Waals surface area (Å²) in [6.45, 7) is 3.74. The highest BCUT2D eigenvalue weighted by molar-refractivity contribution is 9.10. The Kier molecular flexibility index (Phi) is 5.41. The molecule has 0 atom stereocenters. The van der Waals surface area contributed by atoms with Crippen molar-refractivity contribution in [2.45, 2.75) is 20.5 Å². The summed E-state index contributed by atoms with van der Waals surface area (Å²) >= 11 is 3.39. The van der Waals surface area contributed by atoms with Crippen molar-refractivity contribution in [3.05, 3.63) is 92.0 Å². The number of benzene rings is 2. The van der Waals surface area contributed by atoms with Gasteiger partial charge < -0.3 is 14.6 Å². The topological polar surface area (TPSA) is 85.8 Å². The maximum absolute atomic E-state index is 12.7. The number of aromatic nitrogens is 2. The second kappa shape index (κ2) is 8.16. The Balaban J connectivity index is 1.57. The van der Waals surface area contributed by atoms with E-state index in [2.05, 4.69) is 26.2 Å². The zero-order valence-corrected chi connectivity index (χ0v) is 17.9. The van der Waals surface area contributed by atoms with Gasteiger partial charge in [0.2, 0.25) is 0 Å². The number of rotatable bonds is 5. The van der Waals surface area contributed by atoms with Gasteiger partial charge in [-0.3, -0.25) is 9.59 Å². The van der Waals surface area contributed by atoms with Gasteiger partial charge in [0, 0.05) is 16.6 Å². The molecule has 4 aromatic rings.